The summed E-state index contributed by atoms with van der Waals surface area (Å²) in [4.78, 5) is 2.43. The monoisotopic (exact) mass is 709 g/mol. The minimum absolute atomic E-state index is 0.134. The standard InChI is InChI=1S/C51H35NOS/c1-51(2)43-20-9-6-15-37(43)38-28-27-35(31-44(38)51)52(34-25-23-32(24-26-34)36-18-12-19-42-40-17-8-11-22-47(40)54-50(36)42)45-30-29-41-39-16-7-10-21-46(39)53-49(41)48(45)33-13-4-3-5-14-33/h3-31H,1-2H3. The minimum Gasteiger partial charge on any atom is -0.455 e. The van der Waals surface area contributed by atoms with Gasteiger partial charge in [0.1, 0.15) is 11.2 Å². The molecule has 0 amide bonds. The number of furan rings is 1. The number of benzene rings is 8. The summed E-state index contributed by atoms with van der Waals surface area (Å²) in [5.74, 6) is 0. The van der Waals surface area contributed by atoms with Crippen LogP contribution in [0.4, 0.5) is 17.1 Å². The first kappa shape index (κ1) is 31.1. The van der Waals surface area contributed by atoms with Crippen LogP contribution in [0, 0.1) is 0 Å². The average Bonchev–Trinajstić information content (AvgIpc) is 3.86. The molecule has 1 aliphatic carbocycles. The van der Waals surface area contributed by atoms with Crippen LogP contribution in [-0.4, -0.2) is 0 Å². The first-order chi connectivity index (χ1) is 26.5. The Morgan fingerprint density at radius 3 is 2.04 bits per heavy atom. The van der Waals surface area contributed by atoms with Crippen LogP contribution in [0.5, 0.6) is 0 Å². The lowest BCUT2D eigenvalue weighted by Gasteiger charge is -2.30. The molecule has 0 spiro atoms. The van der Waals surface area contributed by atoms with Crippen molar-refractivity contribution in [3.63, 3.8) is 0 Å². The minimum atomic E-state index is -0.134. The second-order valence-corrected chi connectivity index (χ2v) is 15.9. The third kappa shape index (κ3) is 4.58. The molecule has 0 aliphatic heterocycles. The Kier molecular flexibility index (Phi) is 6.80. The molecule has 2 nitrogen and oxygen atoms in total. The summed E-state index contributed by atoms with van der Waals surface area (Å²) in [6.45, 7) is 4.70. The molecule has 2 aromatic heterocycles. The van der Waals surface area contributed by atoms with Crippen molar-refractivity contribution >= 4 is 70.5 Å². The van der Waals surface area contributed by atoms with Gasteiger partial charge in [0.2, 0.25) is 0 Å². The number of hydrogen-bond donors (Lipinski definition) is 0. The molecule has 0 unspecified atom stereocenters. The van der Waals surface area contributed by atoms with Gasteiger partial charge in [-0.15, -0.1) is 11.3 Å². The van der Waals surface area contributed by atoms with Crippen LogP contribution in [0.2, 0.25) is 0 Å². The summed E-state index contributed by atoms with van der Waals surface area (Å²) in [6.07, 6.45) is 0. The molecule has 11 rings (SSSR count). The number of nitrogens with zero attached hydrogens (tertiary/aromatic N) is 1. The molecule has 0 N–H and O–H groups in total. The van der Waals surface area contributed by atoms with Crippen LogP contribution in [0.15, 0.2) is 180 Å². The number of fused-ring (bicyclic) bond motifs is 9. The molecule has 54 heavy (non-hydrogen) atoms. The molecule has 2 heterocycles. The van der Waals surface area contributed by atoms with Crippen LogP contribution < -0.4 is 4.90 Å². The Hall–Kier alpha value is -6.42. The largest absolute Gasteiger partial charge is 0.455 e. The molecule has 1 aliphatic rings. The van der Waals surface area contributed by atoms with E-state index in [1.54, 1.807) is 0 Å². The zero-order valence-corrected chi connectivity index (χ0v) is 30.8. The van der Waals surface area contributed by atoms with Crippen molar-refractivity contribution in [2.24, 2.45) is 0 Å². The highest BCUT2D eigenvalue weighted by Gasteiger charge is 2.36. The topological polar surface area (TPSA) is 16.4 Å². The van der Waals surface area contributed by atoms with E-state index in [0.29, 0.717) is 0 Å². The highest BCUT2D eigenvalue weighted by atomic mass is 32.1. The van der Waals surface area contributed by atoms with E-state index in [4.69, 9.17) is 4.42 Å². The Labute approximate surface area is 318 Å². The number of rotatable bonds is 5. The van der Waals surface area contributed by atoms with Crippen LogP contribution in [0.3, 0.4) is 0 Å². The third-order valence-corrected chi connectivity index (χ3v) is 12.7. The van der Waals surface area contributed by atoms with E-state index in [1.807, 2.05) is 17.4 Å². The highest BCUT2D eigenvalue weighted by molar-refractivity contribution is 7.26. The molecule has 256 valence electrons. The molecule has 0 radical (unpaired) electrons. The second-order valence-electron chi connectivity index (χ2n) is 14.9. The van der Waals surface area contributed by atoms with Crippen molar-refractivity contribution < 1.29 is 4.42 Å². The van der Waals surface area contributed by atoms with Crippen LogP contribution >= 0.6 is 11.3 Å². The Morgan fingerprint density at radius 2 is 1.17 bits per heavy atom. The van der Waals surface area contributed by atoms with E-state index in [1.165, 1.54) is 53.6 Å². The predicted octanol–water partition coefficient (Wildman–Crippen LogP) is 15.1. The smallest absolute Gasteiger partial charge is 0.145 e. The zero-order valence-electron chi connectivity index (χ0n) is 30.0. The summed E-state index contributed by atoms with van der Waals surface area (Å²) in [5.41, 5.74) is 14.9. The summed E-state index contributed by atoms with van der Waals surface area (Å²) in [5, 5.41) is 4.87. The lowest BCUT2D eigenvalue weighted by Crippen LogP contribution is -2.17. The highest BCUT2D eigenvalue weighted by Crippen LogP contribution is 2.52. The fourth-order valence-electron chi connectivity index (χ4n) is 8.87. The Bertz CT molecular complexity index is 3080. The van der Waals surface area contributed by atoms with E-state index in [0.717, 1.165) is 50.1 Å². The lowest BCUT2D eigenvalue weighted by molar-refractivity contribution is 0.660. The molecule has 0 saturated heterocycles. The summed E-state index contributed by atoms with van der Waals surface area (Å²) in [6, 6.07) is 64.0. The molecule has 0 bridgehead atoms. The van der Waals surface area contributed by atoms with Crippen LogP contribution in [-0.2, 0) is 5.41 Å². The summed E-state index contributed by atoms with van der Waals surface area (Å²) < 4.78 is 9.41. The first-order valence-electron chi connectivity index (χ1n) is 18.6. The van der Waals surface area contributed by atoms with Crippen molar-refractivity contribution in [3.05, 3.63) is 187 Å². The second kappa shape index (κ2) is 11.8. The van der Waals surface area contributed by atoms with Gasteiger partial charge in [-0.3, -0.25) is 0 Å². The molecule has 10 aromatic rings. The molecule has 3 heteroatoms. The SMILES string of the molecule is CC1(C)c2ccccc2-c2ccc(N(c3ccc(-c4cccc5c4sc4ccccc45)cc3)c3ccc4c(oc5ccccc54)c3-c3ccccc3)cc21. The lowest BCUT2D eigenvalue weighted by atomic mass is 9.82. The van der Waals surface area contributed by atoms with E-state index in [-0.39, 0.29) is 5.41 Å². The summed E-state index contributed by atoms with van der Waals surface area (Å²) >= 11 is 1.87. The van der Waals surface area contributed by atoms with Crippen molar-refractivity contribution in [2.45, 2.75) is 19.3 Å². The van der Waals surface area contributed by atoms with Gasteiger partial charge in [-0.05, 0) is 87.5 Å². The Morgan fingerprint density at radius 1 is 0.481 bits per heavy atom. The van der Waals surface area contributed by atoms with Gasteiger partial charge in [-0.2, -0.15) is 0 Å². The average molecular weight is 710 g/mol. The molecule has 0 atom stereocenters. The molecule has 0 saturated carbocycles. The fourth-order valence-corrected chi connectivity index (χ4v) is 10.1. The Balaban J connectivity index is 1.14. The van der Waals surface area contributed by atoms with Gasteiger partial charge in [0.25, 0.3) is 0 Å². The molecular weight excluding hydrogens is 675 g/mol. The van der Waals surface area contributed by atoms with Crippen molar-refractivity contribution in [1.29, 1.82) is 0 Å². The predicted molar refractivity (Wildman–Crippen MR) is 230 cm³/mol. The van der Waals surface area contributed by atoms with E-state index < -0.39 is 0 Å². The number of para-hydroxylation sites is 1. The van der Waals surface area contributed by atoms with Crippen LogP contribution in [0.25, 0.3) is 75.5 Å². The van der Waals surface area contributed by atoms with Gasteiger partial charge in [-0.25, -0.2) is 0 Å². The number of anilines is 3. The third-order valence-electron chi connectivity index (χ3n) is 11.5. The van der Waals surface area contributed by atoms with Crippen molar-refractivity contribution in [2.75, 3.05) is 4.90 Å². The van der Waals surface area contributed by atoms with Gasteiger partial charge < -0.3 is 9.32 Å². The molecule has 0 fully saturated rings. The van der Waals surface area contributed by atoms with Crippen molar-refractivity contribution in [3.8, 4) is 33.4 Å². The van der Waals surface area contributed by atoms with Gasteiger partial charge in [0, 0.05) is 53.3 Å². The fraction of sp³-hybridized carbons (Fsp3) is 0.0588. The quantitative estimate of drug-likeness (QED) is 0.177. The summed E-state index contributed by atoms with van der Waals surface area (Å²) in [7, 11) is 0. The van der Waals surface area contributed by atoms with Crippen LogP contribution in [0.1, 0.15) is 25.0 Å². The maximum atomic E-state index is 6.77. The van der Waals surface area contributed by atoms with Gasteiger partial charge >= 0.3 is 0 Å². The maximum absolute atomic E-state index is 6.77. The zero-order chi connectivity index (χ0) is 36.0. The van der Waals surface area contributed by atoms with Gasteiger partial charge in [0.15, 0.2) is 0 Å². The van der Waals surface area contributed by atoms with Gasteiger partial charge in [-0.1, -0.05) is 141 Å². The normalized spacial score (nSPS) is 13.1. The number of hydrogen-bond acceptors (Lipinski definition) is 3. The van der Waals surface area contributed by atoms with E-state index in [9.17, 15) is 0 Å². The van der Waals surface area contributed by atoms with Gasteiger partial charge in [0.05, 0.1) is 5.69 Å². The number of thiophene rings is 1. The van der Waals surface area contributed by atoms with E-state index >= 15 is 0 Å². The molecule has 8 aromatic carbocycles. The van der Waals surface area contributed by atoms with E-state index in [2.05, 4.69) is 189 Å². The first-order valence-corrected chi connectivity index (χ1v) is 19.4. The maximum Gasteiger partial charge on any atom is 0.145 e. The molecular formula is C51H35NOS. The van der Waals surface area contributed by atoms with Crippen molar-refractivity contribution in [1.82, 2.24) is 0 Å².